The van der Waals surface area contributed by atoms with Crippen molar-refractivity contribution in [2.75, 3.05) is 0 Å². The van der Waals surface area contributed by atoms with Crippen molar-refractivity contribution in [2.45, 2.75) is 46.2 Å². The summed E-state index contributed by atoms with van der Waals surface area (Å²) >= 11 is 0. The van der Waals surface area contributed by atoms with E-state index < -0.39 is 40.8 Å². The normalized spacial score (nSPS) is 12.1. The van der Waals surface area contributed by atoms with Crippen LogP contribution in [0.4, 0.5) is 50.9 Å². The summed E-state index contributed by atoms with van der Waals surface area (Å²) in [4.78, 5) is 7.18. The van der Waals surface area contributed by atoms with Crippen molar-refractivity contribution in [2.24, 2.45) is 0 Å². The third-order valence-corrected chi connectivity index (χ3v) is 18.7. The van der Waals surface area contributed by atoms with Gasteiger partial charge in [-0.3, -0.25) is 0 Å². The lowest BCUT2D eigenvalue weighted by Gasteiger charge is -2.25. The first-order chi connectivity index (χ1) is 47.1. The van der Waals surface area contributed by atoms with Crippen LogP contribution in [0.2, 0.25) is 0 Å². The van der Waals surface area contributed by atoms with Crippen LogP contribution in [-0.2, 0) is 18.5 Å². The van der Waals surface area contributed by atoms with Crippen LogP contribution >= 0.6 is 0 Å². The number of hydrogen-bond donors (Lipinski definition) is 0. The molecular weight excluding hydrogens is 1250 g/mol. The van der Waals surface area contributed by atoms with Crippen molar-refractivity contribution < 1.29 is 39.5 Å². The van der Waals surface area contributed by atoms with Gasteiger partial charge in [0.2, 0.25) is 0 Å². The molecule has 7 nitrogen and oxygen atoms in total. The van der Waals surface area contributed by atoms with E-state index in [2.05, 4.69) is 15.8 Å². The smallest absolute Gasteiger partial charge is 0.309 e. The Morgan fingerprint density at radius 3 is 0.847 bits per heavy atom. The van der Waals surface area contributed by atoms with Gasteiger partial charge in [0.25, 0.3) is 0 Å². The van der Waals surface area contributed by atoms with Gasteiger partial charge in [-0.15, -0.1) is 0 Å². The van der Waals surface area contributed by atoms with Crippen molar-refractivity contribution in [3.05, 3.63) is 298 Å². The number of alkyl halides is 9. The average Bonchev–Trinajstić information content (AvgIpc) is 1.46. The Kier molecular flexibility index (Phi) is 14.5. The van der Waals surface area contributed by atoms with Crippen LogP contribution in [0.5, 0.6) is 0 Å². The Balaban J connectivity index is 0.000000160. The maximum Gasteiger partial charge on any atom is 0.416 e. The highest BCUT2D eigenvalue weighted by molar-refractivity contribution is 6.16. The van der Waals surface area contributed by atoms with Gasteiger partial charge >= 0.3 is 18.5 Å². The largest absolute Gasteiger partial charge is 0.416 e. The molecule has 0 saturated carbocycles. The molecule has 16 heteroatoms. The van der Waals surface area contributed by atoms with Gasteiger partial charge in [-0.25, -0.2) is 9.69 Å². The summed E-state index contributed by atoms with van der Waals surface area (Å²) in [5.74, 6) is 0. The fraction of sp³-hybridized carbons (Fsp3) is 0.0854. The maximum atomic E-state index is 15.1. The number of benzene rings is 12. The molecule has 0 spiro atoms. The Labute approximate surface area is 554 Å². The number of fused-ring (bicyclic) bond motifs is 12. The fourth-order valence-electron chi connectivity index (χ4n) is 14.8. The lowest BCUT2D eigenvalue weighted by molar-refractivity contribution is -0.138. The number of aryl methyl sites for hydroxylation is 4. The molecule has 4 aromatic heterocycles. The average molecular weight is 1300 g/mol. The molecule has 4 heterocycles. The van der Waals surface area contributed by atoms with Crippen LogP contribution in [0.3, 0.4) is 0 Å². The van der Waals surface area contributed by atoms with E-state index in [1.54, 1.807) is 69.8 Å². The highest BCUT2D eigenvalue weighted by Gasteiger charge is 2.41. The van der Waals surface area contributed by atoms with Crippen molar-refractivity contribution in [1.82, 2.24) is 18.3 Å². The van der Waals surface area contributed by atoms with E-state index in [1.165, 1.54) is 18.2 Å². The van der Waals surface area contributed by atoms with Gasteiger partial charge in [0.1, 0.15) is 0 Å². The van der Waals surface area contributed by atoms with Gasteiger partial charge in [-0.05, 0) is 123 Å². The molecule has 476 valence electrons. The molecule has 0 fully saturated rings. The van der Waals surface area contributed by atoms with E-state index >= 15 is 39.5 Å². The predicted molar refractivity (Wildman–Crippen MR) is 372 cm³/mol. The van der Waals surface area contributed by atoms with Gasteiger partial charge in [-0.1, -0.05) is 158 Å². The van der Waals surface area contributed by atoms with Gasteiger partial charge in [0.15, 0.2) is 11.4 Å². The first-order valence-electron chi connectivity index (χ1n) is 31.1. The van der Waals surface area contributed by atoms with Crippen LogP contribution in [0.15, 0.2) is 231 Å². The zero-order valence-electron chi connectivity index (χ0n) is 52.5. The Bertz CT molecular complexity index is 5900. The minimum atomic E-state index is -4.94. The zero-order valence-corrected chi connectivity index (χ0v) is 52.5. The van der Waals surface area contributed by atoms with E-state index in [4.69, 9.17) is 13.1 Å². The second kappa shape index (κ2) is 23.0. The summed E-state index contributed by atoms with van der Waals surface area (Å²) in [5, 5.41) is 17.2. The molecule has 0 aliphatic carbocycles. The third-order valence-electron chi connectivity index (χ3n) is 18.7. The molecule has 0 aliphatic rings. The first kappa shape index (κ1) is 61.8. The number of nitriles is 1. The van der Waals surface area contributed by atoms with Gasteiger partial charge in [0, 0.05) is 65.3 Å². The quantitative estimate of drug-likeness (QED) is 0.121. The SMILES string of the molecule is [C-]#[N+]c1cccc(C(F)(F)F)c1-c1c(-n2c3ccccc3c3c(C)cccc32)cc(C#N)cc1-n1c2ccccc2c2c(C)cccc21.[C-]#[N+]c1cccc(C(F)(F)F)c1-c1c(-n2c3ccccc3c3c(C)cccc32)cc(C(F)(F)F)cc1-n1c2ccccc2c2c(C)cccc21. The lowest BCUT2D eigenvalue weighted by Crippen LogP contribution is -2.13. The van der Waals surface area contributed by atoms with Crippen LogP contribution in [0.1, 0.15) is 44.5 Å². The molecule has 0 radical (unpaired) electrons. The Morgan fingerprint density at radius 2 is 0.582 bits per heavy atom. The second-order valence-electron chi connectivity index (χ2n) is 24.3. The molecular formula is C82H50F9N7. The summed E-state index contributed by atoms with van der Waals surface area (Å²) in [6.45, 7) is 23.9. The second-order valence-corrected chi connectivity index (χ2v) is 24.3. The molecule has 98 heavy (non-hydrogen) atoms. The monoisotopic (exact) mass is 1300 g/mol. The molecule has 12 aromatic carbocycles. The summed E-state index contributed by atoms with van der Waals surface area (Å²) in [5.41, 5.74) is 5.43. The molecule has 0 atom stereocenters. The standard InChI is InChI=1S/C41H25F6N3.C41H25F3N4/c1-23-11-8-19-32-36(23)26-13-4-6-17-30(26)49(32)34-21-25(40(42,43)44)22-35(39(34)38-28(41(45,46)47)15-10-16-29(38)48-3)50-31-18-7-5-14-27(31)37-24(2)12-9-20-33(37)50;1-24-11-8-19-33-37(24)27-13-4-6-17-31(27)47(33)35-21-26(23-45)22-36(40(35)39-29(41(42,43)44)15-10-16-30(39)46-3)48-32-18-7-5-14-28(32)38-25(2)12-9-20-34(38)48/h4-22H,1-2H3;4-22H,1-2H3. The highest BCUT2D eigenvalue weighted by Crippen LogP contribution is 2.53. The van der Waals surface area contributed by atoms with E-state index in [-0.39, 0.29) is 45.0 Å². The number of hydrogen-bond acceptors (Lipinski definition) is 1. The van der Waals surface area contributed by atoms with Crippen LogP contribution in [0.25, 0.3) is 142 Å². The topological polar surface area (TPSA) is 52.2 Å². The van der Waals surface area contributed by atoms with E-state index in [1.807, 2.05) is 158 Å². The van der Waals surface area contributed by atoms with E-state index in [0.29, 0.717) is 33.4 Å². The van der Waals surface area contributed by atoms with E-state index in [0.717, 1.165) is 118 Å². The number of aromatic nitrogens is 4. The van der Waals surface area contributed by atoms with Gasteiger partial charge in [-0.2, -0.15) is 44.8 Å². The van der Waals surface area contributed by atoms with Crippen LogP contribution in [0, 0.1) is 52.2 Å². The van der Waals surface area contributed by atoms with Crippen molar-refractivity contribution >= 4 is 98.6 Å². The molecule has 0 saturated heterocycles. The summed E-state index contributed by atoms with van der Waals surface area (Å²) in [7, 11) is 0. The molecule has 0 unspecified atom stereocenters. The molecule has 0 N–H and O–H groups in total. The lowest BCUT2D eigenvalue weighted by atomic mass is 9.92. The fourth-order valence-corrected chi connectivity index (χ4v) is 14.8. The summed E-state index contributed by atoms with van der Waals surface area (Å²) in [6.07, 6.45) is -14.6. The minimum absolute atomic E-state index is 0.133. The Morgan fingerprint density at radius 1 is 0.316 bits per heavy atom. The molecule has 0 aliphatic heterocycles. The van der Waals surface area contributed by atoms with Crippen molar-refractivity contribution in [1.29, 1.82) is 5.26 Å². The zero-order chi connectivity index (χ0) is 68.4. The first-order valence-corrected chi connectivity index (χ1v) is 31.1. The predicted octanol–water partition coefficient (Wildman–Crippen LogP) is 24.4. The highest BCUT2D eigenvalue weighted by atomic mass is 19.4. The number of halogens is 9. The maximum absolute atomic E-state index is 15.1. The third kappa shape index (κ3) is 9.63. The molecule has 0 amide bonds. The minimum Gasteiger partial charge on any atom is -0.309 e. The van der Waals surface area contributed by atoms with E-state index in [9.17, 15) is 5.26 Å². The van der Waals surface area contributed by atoms with Crippen molar-refractivity contribution in [3.8, 4) is 51.1 Å². The number of para-hydroxylation sites is 4. The van der Waals surface area contributed by atoms with Crippen LogP contribution < -0.4 is 0 Å². The Hall–Kier alpha value is -12.3. The number of rotatable bonds is 6. The van der Waals surface area contributed by atoms with Crippen molar-refractivity contribution in [3.63, 3.8) is 0 Å². The summed E-state index contributed by atoms with van der Waals surface area (Å²) in [6, 6.07) is 66.8. The van der Waals surface area contributed by atoms with Gasteiger partial charge < -0.3 is 18.3 Å². The van der Waals surface area contributed by atoms with Crippen LogP contribution in [-0.4, -0.2) is 18.3 Å². The molecule has 16 aromatic rings. The molecule has 16 rings (SSSR count). The summed E-state index contributed by atoms with van der Waals surface area (Å²) < 4.78 is 143. The molecule has 0 bridgehead atoms. The van der Waals surface area contributed by atoms with Gasteiger partial charge in [0.05, 0.1) is 108 Å². The number of nitrogens with zero attached hydrogens (tertiary/aromatic N) is 7.